The third-order valence-electron chi connectivity index (χ3n) is 4.31. The van der Waals surface area contributed by atoms with E-state index in [0.29, 0.717) is 22.9 Å². The zero-order valence-electron chi connectivity index (χ0n) is 15.3. The monoisotopic (exact) mass is 394 g/mol. The predicted octanol–water partition coefficient (Wildman–Crippen LogP) is 1.38. The maximum Gasteiger partial charge on any atom is 0.313 e. The van der Waals surface area contributed by atoms with Crippen molar-refractivity contribution < 1.29 is 23.9 Å². The highest BCUT2D eigenvalue weighted by molar-refractivity contribution is 6.39. The number of H-pyrrole nitrogens is 1. The lowest BCUT2D eigenvalue weighted by Crippen LogP contribution is -2.40. The second-order valence-electron chi connectivity index (χ2n) is 6.30. The van der Waals surface area contributed by atoms with Gasteiger partial charge in [-0.05, 0) is 24.3 Å². The normalized spacial score (nSPS) is 11.9. The molecule has 0 spiro atoms. The van der Waals surface area contributed by atoms with Gasteiger partial charge >= 0.3 is 11.8 Å². The van der Waals surface area contributed by atoms with Crippen LogP contribution in [0, 0.1) is 0 Å². The molecule has 4 N–H and O–H groups in total. The van der Waals surface area contributed by atoms with Crippen molar-refractivity contribution in [2.45, 2.75) is 0 Å². The molecule has 0 fully saturated rings. The number of hydrogen-bond donors (Lipinski definition) is 4. The SMILES string of the molecule is O=C(NCCNC(=O)c1cc2ccccc2[nH]1)C(=O)Nc1ccc2c(c1)OCO2. The number of ether oxygens (including phenoxy) is 2. The molecule has 0 saturated heterocycles. The second-order valence-corrected chi connectivity index (χ2v) is 6.30. The number of para-hydroxylation sites is 1. The number of aromatic amines is 1. The summed E-state index contributed by atoms with van der Waals surface area (Å²) < 4.78 is 10.4. The molecule has 29 heavy (non-hydrogen) atoms. The molecule has 1 aliphatic heterocycles. The molecule has 1 aromatic heterocycles. The number of carbonyl (C=O) groups excluding carboxylic acids is 3. The first-order chi connectivity index (χ1) is 14.1. The van der Waals surface area contributed by atoms with Crippen LogP contribution < -0.4 is 25.4 Å². The van der Waals surface area contributed by atoms with E-state index in [9.17, 15) is 14.4 Å². The van der Waals surface area contributed by atoms with Gasteiger partial charge in [-0.25, -0.2) is 0 Å². The Labute approximate surface area is 165 Å². The minimum Gasteiger partial charge on any atom is -0.454 e. The van der Waals surface area contributed by atoms with E-state index in [1.54, 1.807) is 24.3 Å². The van der Waals surface area contributed by atoms with Crippen LogP contribution in [0.1, 0.15) is 10.5 Å². The summed E-state index contributed by atoms with van der Waals surface area (Å²) in [5.74, 6) is -0.824. The molecule has 148 valence electrons. The number of nitrogens with one attached hydrogen (secondary N) is 4. The summed E-state index contributed by atoms with van der Waals surface area (Å²) >= 11 is 0. The van der Waals surface area contributed by atoms with E-state index < -0.39 is 11.8 Å². The number of anilines is 1. The van der Waals surface area contributed by atoms with Crippen LogP contribution in [0.3, 0.4) is 0 Å². The van der Waals surface area contributed by atoms with E-state index in [2.05, 4.69) is 20.9 Å². The number of aromatic nitrogens is 1. The topological polar surface area (TPSA) is 122 Å². The third-order valence-corrected chi connectivity index (χ3v) is 4.31. The molecule has 0 bridgehead atoms. The minimum atomic E-state index is -0.814. The Morgan fingerprint density at radius 3 is 2.55 bits per heavy atom. The molecule has 0 saturated carbocycles. The van der Waals surface area contributed by atoms with Crippen molar-refractivity contribution in [1.29, 1.82) is 0 Å². The summed E-state index contributed by atoms with van der Waals surface area (Å²) in [5, 5.41) is 8.56. The van der Waals surface area contributed by atoms with Gasteiger partial charge in [-0.3, -0.25) is 14.4 Å². The first kappa shape index (κ1) is 18.4. The van der Waals surface area contributed by atoms with Crippen molar-refractivity contribution in [3.63, 3.8) is 0 Å². The number of rotatable bonds is 5. The number of hydrogen-bond acceptors (Lipinski definition) is 5. The van der Waals surface area contributed by atoms with Crippen LogP contribution in [-0.4, -0.2) is 42.6 Å². The summed E-state index contributed by atoms with van der Waals surface area (Å²) in [5.41, 5.74) is 1.71. The fraction of sp³-hybridized carbons (Fsp3) is 0.150. The third kappa shape index (κ3) is 4.13. The fourth-order valence-electron chi connectivity index (χ4n) is 2.89. The molecule has 9 nitrogen and oxygen atoms in total. The average molecular weight is 394 g/mol. The molecule has 2 heterocycles. The van der Waals surface area contributed by atoms with E-state index >= 15 is 0 Å². The van der Waals surface area contributed by atoms with Gasteiger partial charge in [0.25, 0.3) is 5.91 Å². The standard InChI is InChI=1S/C20H18N4O5/c25-18(15-9-12-3-1-2-4-14(12)24-15)21-7-8-22-19(26)20(27)23-13-5-6-16-17(10-13)29-11-28-16/h1-6,9-10,24H,7-8,11H2,(H,21,25)(H,22,26)(H,23,27). The lowest BCUT2D eigenvalue weighted by molar-refractivity contribution is -0.136. The molecular weight excluding hydrogens is 376 g/mol. The van der Waals surface area contributed by atoms with Gasteiger partial charge in [-0.2, -0.15) is 0 Å². The Kier molecular flexibility index (Phi) is 5.02. The van der Waals surface area contributed by atoms with Crippen LogP contribution in [0.5, 0.6) is 11.5 Å². The first-order valence-corrected chi connectivity index (χ1v) is 8.95. The number of amides is 3. The Hall–Kier alpha value is -4.01. The Morgan fingerprint density at radius 1 is 0.897 bits per heavy atom. The van der Waals surface area contributed by atoms with E-state index in [4.69, 9.17) is 9.47 Å². The Morgan fingerprint density at radius 2 is 1.69 bits per heavy atom. The van der Waals surface area contributed by atoms with E-state index in [1.165, 1.54) is 0 Å². The van der Waals surface area contributed by atoms with Crippen molar-refractivity contribution >= 4 is 34.3 Å². The van der Waals surface area contributed by atoms with Crippen molar-refractivity contribution in [3.05, 3.63) is 54.2 Å². The summed E-state index contributed by atoms with van der Waals surface area (Å²) in [6.07, 6.45) is 0. The highest BCUT2D eigenvalue weighted by atomic mass is 16.7. The maximum absolute atomic E-state index is 12.2. The smallest absolute Gasteiger partial charge is 0.313 e. The van der Waals surface area contributed by atoms with Crippen LogP contribution in [0.2, 0.25) is 0 Å². The number of fused-ring (bicyclic) bond motifs is 2. The van der Waals surface area contributed by atoms with Crippen molar-refractivity contribution in [1.82, 2.24) is 15.6 Å². The first-order valence-electron chi connectivity index (χ1n) is 8.95. The molecule has 0 unspecified atom stereocenters. The van der Waals surface area contributed by atoms with Crippen LogP contribution in [0.25, 0.3) is 10.9 Å². The molecule has 1 aliphatic rings. The molecule has 0 radical (unpaired) electrons. The van der Waals surface area contributed by atoms with Gasteiger partial charge in [0.05, 0.1) is 0 Å². The number of carbonyl (C=O) groups is 3. The predicted molar refractivity (Wildman–Crippen MR) is 105 cm³/mol. The van der Waals surface area contributed by atoms with Gasteiger partial charge in [0, 0.05) is 35.7 Å². The lowest BCUT2D eigenvalue weighted by atomic mass is 10.2. The van der Waals surface area contributed by atoms with Gasteiger partial charge in [-0.15, -0.1) is 0 Å². The molecule has 3 amide bonds. The zero-order chi connectivity index (χ0) is 20.2. The van der Waals surface area contributed by atoms with Crippen LogP contribution in [0.15, 0.2) is 48.5 Å². The Balaban J connectivity index is 1.22. The molecular formula is C20H18N4O5. The minimum absolute atomic E-state index is 0.110. The van der Waals surface area contributed by atoms with Gasteiger partial charge < -0.3 is 30.4 Å². The van der Waals surface area contributed by atoms with E-state index in [0.717, 1.165) is 10.9 Å². The van der Waals surface area contributed by atoms with E-state index in [-0.39, 0.29) is 25.8 Å². The zero-order valence-corrected chi connectivity index (χ0v) is 15.3. The molecule has 0 atom stereocenters. The summed E-state index contributed by atoms with van der Waals surface area (Å²) in [4.78, 5) is 39.1. The lowest BCUT2D eigenvalue weighted by Gasteiger charge is -2.08. The van der Waals surface area contributed by atoms with Gasteiger partial charge in [0.2, 0.25) is 6.79 Å². The van der Waals surface area contributed by atoms with Gasteiger partial charge in [0.15, 0.2) is 11.5 Å². The molecule has 2 aromatic carbocycles. The summed E-state index contributed by atoms with van der Waals surface area (Å²) in [6, 6.07) is 14.1. The van der Waals surface area contributed by atoms with Gasteiger partial charge in [-0.1, -0.05) is 18.2 Å². The van der Waals surface area contributed by atoms with Crippen molar-refractivity contribution in [2.24, 2.45) is 0 Å². The van der Waals surface area contributed by atoms with Crippen LogP contribution in [0.4, 0.5) is 5.69 Å². The largest absolute Gasteiger partial charge is 0.454 e. The molecule has 4 rings (SSSR count). The fourth-order valence-corrected chi connectivity index (χ4v) is 2.89. The maximum atomic E-state index is 12.2. The quantitative estimate of drug-likeness (QED) is 0.385. The highest BCUT2D eigenvalue weighted by Crippen LogP contribution is 2.34. The van der Waals surface area contributed by atoms with Crippen molar-refractivity contribution in [2.75, 3.05) is 25.2 Å². The molecule has 9 heteroatoms. The molecule has 3 aromatic rings. The van der Waals surface area contributed by atoms with Crippen LogP contribution >= 0.6 is 0 Å². The summed E-state index contributed by atoms with van der Waals surface area (Å²) in [6.45, 7) is 0.411. The Bertz CT molecular complexity index is 1060. The summed E-state index contributed by atoms with van der Waals surface area (Å²) in [7, 11) is 0. The highest BCUT2D eigenvalue weighted by Gasteiger charge is 2.17. The molecule has 0 aliphatic carbocycles. The average Bonchev–Trinajstić information content (AvgIpc) is 3.37. The van der Waals surface area contributed by atoms with Gasteiger partial charge in [0.1, 0.15) is 5.69 Å². The second kappa shape index (κ2) is 7.93. The van der Waals surface area contributed by atoms with Crippen LogP contribution in [-0.2, 0) is 9.59 Å². The van der Waals surface area contributed by atoms with E-state index in [1.807, 2.05) is 24.3 Å². The number of benzene rings is 2. The van der Waals surface area contributed by atoms with Crippen molar-refractivity contribution in [3.8, 4) is 11.5 Å².